The fraction of sp³-hybridized carbons (Fsp3) is 0.250. The third-order valence-corrected chi connectivity index (χ3v) is 1.33. The quantitative estimate of drug-likeness (QED) is 0.659. The normalized spacial score (nSPS) is 9.64. The fourth-order valence-corrected chi connectivity index (χ4v) is 0.958. The lowest BCUT2D eigenvalue weighted by Gasteiger charge is -1.97. The Morgan fingerprint density at radius 1 is 1.36 bits per heavy atom. The number of carbonyl (C=O) groups is 1. The van der Waals surface area contributed by atoms with Crippen LogP contribution in [0, 0.1) is 13.8 Å². The second-order valence-corrected chi connectivity index (χ2v) is 2.44. The Bertz CT molecular complexity index is 274. The second-order valence-electron chi connectivity index (χ2n) is 2.44. The van der Waals surface area contributed by atoms with E-state index < -0.39 is 5.97 Å². The van der Waals surface area contributed by atoms with Crippen molar-refractivity contribution < 1.29 is 9.90 Å². The number of carboxylic acid groups (broad SMARTS) is 1. The Kier molecular flexibility index (Phi) is 1.89. The lowest BCUT2D eigenvalue weighted by atomic mass is 10.2. The highest BCUT2D eigenvalue weighted by molar-refractivity contribution is 5.87. The predicted molar refractivity (Wildman–Crippen MR) is 40.7 cm³/mol. The predicted octanol–water partition coefficient (Wildman–Crippen LogP) is 1.40. The highest BCUT2D eigenvalue weighted by atomic mass is 16.4. The number of nitrogens with zero attached hydrogens (tertiary/aromatic N) is 1. The minimum Gasteiger partial charge on any atom is -0.478 e. The van der Waals surface area contributed by atoms with Gasteiger partial charge < -0.3 is 5.11 Å². The molecule has 1 rings (SSSR count). The maximum Gasteiger partial charge on any atom is 0.335 e. The zero-order chi connectivity index (χ0) is 8.43. The van der Waals surface area contributed by atoms with Crippen LogP contribution in [0.1, 0.15) is 21.7 Å². The molecule has 11 heavy (non-hydrogen) atoms. The van der Waals surface area contributed by atoms with Gasteiger partial charge in [0.15, 0.2) is 0 Å². The molecule has 0 atom stereocenters. The molecule has 0 radical (unpaired) electrons. The van der Waals surface area contributed by atoms with Crippen LogP contribution in [0.5, 0.6) is 0 Å². The Labute approximate surface area is 64.7 Å². The van der Waals surface area contributed by atoms with E-state index in [9.17, 15) is 4.79 Å². The van der Waals surface area contributed by atoms with E-state index in [0.717, 1.165) is 11.4 Å². The number of aromatic nitrogens is 1. The number of rotatable bonds is 1. The largest absolute Gasteiger partial charge is 0.478 e. The van der Waals surface area contributed by atoms with Gasteiger partial charge in [-0.25, -0.2) is 4.79 Å². The number of hydrogen-bond acceptors (Lipinski definition) is 2. The monoisotopic (exact) mass is 151 g/mol. The molecule has 0 saturated carbocycles. The van der Waals surface area contributed by atoms with E-state index in [1.807, 2.05) is 0 Å². The first-order valence-electron chi connectivity index (χ1n) is 3.28. The first-order valence-corrected chi connectivity index (χ1v) is 3.28. The molecule has 1 aromatic rings. The van der Waals surface area contributed by atoms with Crippen molar-refractivity contribution >= 4 is 5.97 Å². The van der Waals surface area contributed by atoms with Crippen molar-refractivity contribution in [3.05, 3.63) is 29.1 Å². The van der Waals surface area contributed by atoms with E-state index in [1.54, 1.807) is 26.0 Å². The Morgan fingerprint density at radius 2 is 1.82 bits per heavy atom. The first kappa shape index (κ1) is 7.72. The molecule has 1 N–H and O–H groups in total. The van der Waals surface area contributed by atoms with Crippen LogP contribution < -0.4 is 0 Å². The van der Waals surface area contributed by atoms with E-state index >= 15 is 0 Å². The summed E-state index contributed by atoms with van der Waals surface area (Å²) in [7, 11) is 0. The average molecular weight is 151 g/mol. The topological polar surface area (TPSA) is 50.2 Å². The number of hydrogen-bond donors (Lipinski definition) is 1. The molecule has 0 aliphatic carbocycles. The molecule has 1 heterocycles. The Balaban J connectivity index is 3.19. The van der Waals surface area contributed by atoms with Crippen molar-refractivity contribution in [1.29, 1.82) is 0 Å². The summed E-state index contributed by atoms with van der Waals surface area (Å²) in [5.74, 6) is -0.904. The van der Waals surface area contributed by atoms with E-state index in [0.29, 0.717) is 5.56 Å². The summed E-state index contributed by atoms with van der Waals surface area (Å²) in [6, 6.07) is 3.10. The summed E-state index contributed by atoms with van der Waals surface area (Å²) in [6.07, 6.45) is 0. The maximum atomic E-state index is 10.5. The van der Waals surface area contributed by atoms with Gasteiger partial charge in [0.25, 0.3) is 0 Å². The van der Waals surface area contributed by atoms with Crippen molar-refractivity contribution in [2.45, 2.75) is 13.8 Å². The molecule has 0 amide bonds. The third-order valence-electron chi connectivity index (χ3n) is 1.33. The van der Waals surface area contributed by atoms with Gasteiger partial charge >= 0.3 is 5.97 Å². The zero-order valence-electron chi connectivity index (χ0n) is 6.46. The molecule has 0 aromatic carbocycles. The van der Waals surface area contributed by atoms with Gasteiger partial charge in [-0.05, 0) is 26.0 Å². The van der Waals surface area contributed by atoms with Crippen molar-refractivity contribution in [2.75, 3.05) is 0 Å². The zero-order valence-corrected chi connectivity index (χ0v) is 6.46. The summed E-state index contributed by atoms with van der Waals surface area (Å²) < 4.78 is 0. The van der Waals surface area contributed by atoms with Gasteiger partial charge in [0.1, 0.15) is 0 Å². The van der Waals surface area contributed by atoms with Crippen LogP contribution in [0.15, 0.2) is 12.1 Å². The molecule has 0 fully saturated rings. The maximum absolute atomic E-state index is 10.5. The molecule has 0 aliphatic rings. The molecule has 0 aliphatic heterocycles. The highest BCUT2D eigenvalue weighted by Gasteiger charge is 2.03. The molecule has 0 bridgehead atoms. The Morgan fingerprint density at radius 3 is 2.18 bits per heavy atom. The van der Waals surface area contributed by atoms with Gasteiger partial charge in [-0.3, -0.25) is 4.98 Å². The first-order chi connectivity index (χ1) is 5.09. The van der Waals surface area contributed by atoms with Crippen LogP contribution in [-0.4, -0.2) is 16.1 Å². The van der Waals surface area contributed by atoms with Crippen LogP contribution in [-0.2, 0) is 0 Å². The van der Waals surface area contributed by atoms with E-state index in [4.69, 9.17) is 5.11 Å². The summed E-state index contributed by atoms with van der Waals surface area (Å²) in [6.45, 7) is 3.55. The van der Waals surface area contributed by atoms with Crippen molar-refractivity contribution in [2.24, 2.45) is 0 Å². The molecule has 3 heteroatoms. The smallest absolute Gasteiger partial charge is 0.335 e. The lowest BCUT2D eigenvalue weighted by molar-refractivity contribution is 0.0696. The third kappa shape index (κ3) is 1.77. The van der Waals surface area contributed by atoms with Gasteiger partial charge in [-0.15, -0.1) is 0 Å². The van der Waals surface area contributed by atoms with Crippen LogP contribution >= 0.6 is 0 Å². The van der Waals surface area contributed by atoms with E-state index in [-0.39, 0.29) is 0 Å². The lowest BCUT2D eigenvalue weighted by Crippen LogP contribution is -1.99. The van der Waals surface area contributed by atoms with Crippen molar-refractivity contribution in [3.8, 4) is 0 Å². The molecule has 3 nitrogen and oxygen atoms in total. The van der Waals surface area contributed by atoms with Crippen molar-refractivity contribution in [3.63, 3.8) is 0 Å². The highest BCUT2D eigenvalue weighted by Crippen LogP contribution is 2.03. The summed E-state index contributed by atoms with van der Waals surface area (Å²) in [5, 5.41) is 8.61. The van der Waals surface area contributed by atoms with Gasteiger partial charge in [-0.2, -0.15) is 0 Å². The van der Waals surface area contributed by atoms with Crippen molar-refractivity contribution in [1.82, 2.24) is 4.98 Å². The molecular weight excluding hydrogens is 142 g/mol. The molecule has 58 valence electrons. The van der Waals surface area contributed by atoms with Gasteiger partial charge in [0.05, 0.1) is 5.56 Å². The SMILES string of the molecule is Cc1cc(C(=O)O)cc(C)n1. The minimum absolute atomic E-state index is 0.301. The number of carboxylic acids is 1. The number of aromatic carboxylic acids is 1. The summed E-state index contributed by atoms with van der Waals surface area (Å²) in [4.78, 5) is 14.5. The van der Waals surface area contributed by atoms with Crippen LogP contribution in [0.4, 0.5) is 0 Å². The number of pyridine rings is 1. The molecule has 0 spiro atoms. The van der Waals surface area contributed by atoms with Gasteiger partial charge in [0, 0.05) is 11.4 Å². The number of aryl methyl sites for hydroxylation is 2. The Hall–Kier alpha value is -1.38. The van der Waals surface area contributed by atoms with E-state index in [1.165, 1.54) is 0 Å². The molecule has 0 saturated heterocycles. The molecule has 1 aromatic heterocycles. The fourth-order valence-electron chi connectivity index (χ4n) is 0.958. The minimum atomic E-state index is -0.904. The molecule has 0 unspecified atom stereocenters. The van der Waals surface area contributed by atoms with E-state index in [2.05, 4.69) is 4.98 Å². The van der Waals surface area contributed by atoms with Crippen LogP contribution in [0.2, 0.25) is 0 Å². The molecular formula is C8H9NO2. The van der Waals surface area contributed by atoms with Gasteiger partial charge in [0.2, 0.25) is 0 Å². The van der Waals surface area contributed by atoms with Crippen LogP contribution in [0.3, 0.4) is 0 Å². The summed E-state index contributed by atoms with van der Waals surface area (Å²) in [5.41, 5.74) is 1.78. The van der Waals surface area contributed by atoms with Gasteiger partial charge in [-0.1, -0.05) is 0 Å². The second kappa shape index (κ2) is 2.70. The van der Waals surface area contributed by atoms with Crippen LogP contribution in [0.25, 0.3) is 0 Å². The standard InChI is InChI=1S/C8H9NO2/c1-5-3-7(8(10)11)4-6(2)9-5/h3-4H,1-2H3,(H,10,11). The summed E-state index contributed by atoms with van der Waals surface area (Å²) >= 11 is 0. The average Bonchev–Trinajstić information content (AvgIpc) is 1.85.